The molecule has 3 heterocycles. The number of amides is 3. The van der Waals surface area contributed by atoms with Crippen molar-refractivity contribution < 1.29 is 23.8 Å². The third kappa shape index (κ3) is 3.35. The van der Waals surface area contributed by atoms with E-state index in [1.165, 1.54) is 25.7 Å². The molecule has 5 rings (SSSR count). The van der Waals surface area contributed by atoms with E-state index in [0.29, 0.717) is 18.0 Å². The maximum atomic E-state index is 12.6. The van der Waals surface area contributed by atoms with E-state index in [1.54, 1.807) is 15.3 Å². The van der Waals surface area contributed by atoms with Crippen LogP contribution in [0.25, 0.3) is 0 Å². The number of aliphatic imine (C=N–C) groups is 1. The summed E-state index contributed by atoms with van der Waals surface area (Å²) in [6, 6.07) is 0.173. The zero-order valence-corrected chi connectivity index (χ0v) is 16.8. The van der Waals surface area contributed by atoms with Gasteiger partial charge in [0.15, 0.2) is 0 Å². The van der Waals surface area contributed by atoms with Crippen LogP contribution in [0, 0.1) is 0 Å². The molecule has 3 amide bonds. The van der Waals surface area contributed by atoms with E-state index >= 15 is 0 Å². The van der Waals surface area contributed by atoms with Crippen LogP contribution < -0.4 is 14.5 Å². The number of carboxylic acid groups (broad SMARTS) is 1. The molecule has 2 N–H and O–H groups in total. The fourth-order valence-electron chi connectivity index (χ4n) is 4.83. The van der Waals surface area contributed by atoms with E-state index in [4.69, 9.17) is 0 Å². The molecule has 2 fully saturated rings. The minimum Gasteiger partial charge on any atom is -0.464 e. The van der Waals surface area contributed by atoms with Gasteiger partial charge < -0.3 is 5.11 Å². The number of nitrogens with one attached hydrogen (secondary N) is 1. The first-order valence-corrected chi connectivity index (χ1v) is 10.7. The Morgan fingerprint density at radius 2 is 1.73 bits per heavy atom. The molecular weight excluding hydrogens is 386 g/mol. The van der Waals surface area contributed by atoms with Crippen LogP contribution in [0.2, 0.25) is 0 Å². The summed E-state index contributed by atoms with van der Waals surface area (Å²) in [4.78, 5) is 29.7. The van der Waals surface area contributed by atoms with Crippen molar-refractivity contribution in [3.8, 4) is 0 Å². The molecule has 1 unspecified atom stereocenters. The maximum absolute atomic E-state index is 12.6. The van der Waals surface area contributed by atoms with Crippen LogP contribution in [0.1, 0.15) is 69.7 Å². The summed E-state index contributed by atoms with van der Waals surface area (Å²) in [6.07, 6.45) is 18.4. The number of imidazole rings is 2. The van der Waals surface area contributed by atoms with Crippen molar-refractivity contribution in [2.24, 2.45) is 4.99 Å². The summed E-state index contributed by atoms with van der Waals surface area (Å²) in [7, 11) is 0. The molecule has 0 saturated heterocycles. The van der Waals surface area contributed by atoms with Crippen LogP contribution in [0.3, 0.4) is 0 Å². The van der Waals surface area contributed by atoms with Gasteiger partial charge in [0.05, 0.1) is 0 Å². The van der Waals surface area contributed by atoms with Gasteiger partial charge in [-0.25, -0.2) is 18.7 Å². The first kappa shape index (κ1) is 18.8. The number of urea groups is 1. The van der Waals surface area contributed by atoms with Crippen molar-refractivity contribution in [3.63, 3.8) is 0 Å². The zero-order valence-electron chi connectivity index (χ0n) is 16.8. The Labute approximate surface area is 174 Å². The summed E-state index contributed by atoms with van der Waals surface area (Å²) >= 11 is 0. The number of hydrogen-bond acceptors (Lipinski definition) is 3. The van der Waals surface area contributed by atoms with Gasteiger partial charge in [0.25, 0.3) is 12.6 Å². The predicted molar refractivity (Wildman–Crippen MR) is 105 cm³/mol. The van der Waals surface area contributed by atoms with Gasteiger partial charge in [-0.15, -0.1) is 0 Å². The van der Waals surface area contributed by atoms with Crippen LogP contribution in [0.4, 0.5) is 9.59 Å². The van der Waals surface area contributed by atoms with E-state index < -0.39 is 18.4 Å². The van der Waals surface area contributed by atoms with Gasteiger partial charge in [-0.2, -0.15) is 19.0 Å². The number of rotatable bonds is 3. The van der Waals surface area contributed by atoms with E-state index in [1.807, 2.05) is 31.2 Å². The van der Waals surface area contributed by atoms with Gasteiger partial charge in [-0.1, -0.05) is 0 Å². The molecule has 1 aliphatic heterocycles. The molecule has 0 aromatic carbocycles. The molecule has 158 valence electrons. The number of carbonyl (C=O) groups is 2. The number of imide groups is 1. The molecule has 30 heavy (non-hydrogen) atoms. The highest BCUT2D eigenvalue weighted by Crippen LogP contribution is 2.29. The summed E-state index contributed by atoms with van der Waals surface area (Å²) in [5, 5.41) is 12.2. The van der Waals surface area contributed by atoms with Gasteiger partial charge in [-0.3, -0.25) is 5.32 Å². The molecule has 2 aliphatic carbocycles. The van der Waals surface area contributed by atoms with Crippen LogP contribution >= 0.6 is 0 Å². The fraction of sp³-hybridized carbons (Fsp3) is 0.550. The largest absolute Gasteiger partial charge is 0.464 e. The first-order valence-electron chi connectivity index (χ1n) is 10.7. The monoisotopic (exact) mass is 413 g/mol. The Balaban J connectivity index is 1.47. The van der Waals surface area contributed by atoms with Gasteiger partial charge >= 0.3 is 18.1 Å². The molecule has 10 heteroatoms. The summed E-state index contributed by atoms with van der Waals surface area (Å²) in [6.45, 7) is 0. The Morgan fingerprint density at radius 1 is 1.03 bits per heavy atom. The molecule has 0 bridgehead atoms. The second-order valence-electron chi connectivity index (χ2n) is 8.33. The highest BCUT2D eigenvalue weighted by Gasteiger charge is 2.41. The third-order valence-corrected chi connectivity index (χ3v) is 6.45. The Morgan fingerprint density at radius 3 is 2.47 bits per heavy atom. The maximum Gasteiger partial charge on any atom is 0.420 e. The standard InChI is InChI=1S/C20H25N7O3/c28-19-22-17(25-11-9-23(13-25)15-5-1-2-6-15)21-18(27(19)20(29)30)26-12-10-24(14-26)16-7-3-4-8-16/h9-16,18H,1-8H2/p+2. The van der Waals surface area contributed by atoms with Crippen LogP contribution in [0.5, 0.6) is 0 Å². The van der Waals surface area contributed by atoms with Crippen molar-refractivity contribution in [3.05, 3.63) is 37.4 Å². The smallest absolute Gasteiger partial charge is 0.420 e. The topological polar surface area (TPSA) is 99.6 Å². The SMILES string of the molecule is O=C(O)N1C(=O)NC(n2cc[n+](C3CCCC3)c2)=NC1[n+]1ccn(C2CCCC2)c1. The minimum atomic E-state index is -1.34. The Hall–Kier alpha value is -3.17. The molecular formula is C20H27N7O3+2. The van der Waals surface area contributed by atoms with Crippen molar-refractivity contribution >= 4 is 18.1 Å². The fourth-order valence-corrected chi connectivity index (χ4v) is 4.83. The molecule has 2 saturated carbocycles. The zero-order chi connectivity index (χ0) is 20.7. The number of hydrogen-bond donors (Lipinski definition) is 2. The molecule has 1 atom stereocenters. The highest BCUT2D eigenvalue weighted by atomic mass is 16.4. The number of aromatic nitrogens is 4. The number of nitrogens with zero attached hydrogens (tertiary/aromatic N) is 6. The van der Waals surface area contributed by atoms with Crippen molar-refractivity contribution in [2.75, 3.05) is 0 Å². The summed E-state index contributed by atoms with van der Waals surface area (Å²) in [5.74, 6) is 0.320. The van der Waals surface area contributed by atoms with Crippen LogP contribution in [-0.2, 0) is 0 Å². The molecule has 0 radical (unpaired) electrons. The second kappa shape index (κ2) is 7.58. The van der Waals surface area contributed by atoms with Crippen molar-refractivity contribution in [1.82, 2.24) is 19.4 Å². The third-order valence-electron chi connectivity index (χ3n) is 6.45. The van der Waals surface area contributed by atoms with Gasteiger partial charge in [0.1, 0.15) is 36.9 Å². The Kier molecular flexibility index (Phi) is 4.76. The average molecular weight is 413 g/mol. The molecule has 3 aliphatic rings. The normalized spacial score (nSPS) is 23.1. The highest BCUT2D eigenvalue weighted by molar-refractivity contribution is 6.03. The first-order chi connectivity index (χ1) is 14.6. The summed E-state index contributed by atoms with van der Waals surface area (Å²) in [5.41, 5.74) is 0. The number of carbonyl (C=O) groups excluding carboxylic acids is 1. The van der Waals surface area contributed by atoms with E-state index in [-0.39, 0.29) is 0 Å². The molecule has 0 spiro atoms. The van der Waals surface area contributed by atoms with Crippen LogP contribution in [0.15, 0.2) is 42.4 Å². The van der Waals surface area contributed by atoms with Gasteiger partial charge in [-0.05, 0) is 51.4 Å². The Bertz CT molecular complexity index is 982. The van der Waals surface area contributed by atoms with E-state index in [9.17, 15) is 14.7 Å². The van der Waals surface area contributed by atoms with Crippen molar-refractivity contribution in [2.45, 2.75) is 69.7 Å². The lowest BCUT2D eigenvalue weighted by Crippen LogP contribution is -2.60. The predicted octanol–water partition coefficient (Wildman–Crippen LogP) is 2.16. The van der Waals surface area contributed by atoms with Crippen LogP contribution in [-0.4, -0.2) is 37.2 Å². The summed E-state index contributed by atoms with van der Waals surface area (Å²) < 4.78 is 7.67. The second-order valence-corrected chi connectivity index (χ2v) is 8.33. The lowest BCUT2D eigenvalue weighted by atomic mass is 10.2. The lowest BCUT2D eigenvalue weighted by Gasteiger charge is -2.25. The van der Waals surface area contributed by atoms with Crippen molar-refractivity contribution in [1.29, 1.82) is 0 Å². The molecule has 2 aromatic rings. The lowest BCUT2D eigenvalue weighted by molar-refractivity contribution is -0.736. The quantitative estimate of drug-likeness (QED) is 0.754. The van der Waals surface area contributed by atoms with Gasteiger partial charge in [0.2, 0.25) is 6.33 Å². The molecule has 2 aromatic heterocycles. The minimum absolute atomic E-state index is 0.320. The molecule has 10 nitrogen and oxygen atoms in total. The van der Waals surface area contributed by atoms with E-state index in [0.717, 1.165) is 30.6 Å². The van der Waals surface area contributed by atoms with Gasteiger partial charge in [0, 0.05) is 0 Å². The van der Waals surface area contributed by atoms with E-state index in [2.05, 4.69) is 19.4 Å². The average Bonchev–Trinajstić information content (AvgIpc) is 3.54.